The minimum atomic E-state index is 0.919. The van der Waals surface area contributed by atoms with E-state index in [0.717, 1.165) is 12.2 Å². The van der Waals surface area contributed by atoms with Crippen molar-refractivity contribution < 1.29 is 0 Å². The van der Waals surface area contributed by atoms with Gasteiger partial charge in [0.2, 0.25) is 0 Å². The van der Waals surface area contributed by atoms with Crippen molar-refractivity contribution in [3.63, 3.8) is 0 Å². The van der Waals surface area contributed by atoms with E-state index in [1.165, 1.54) is 5.25 Å². The zero-order valence-electron chi connectivity index (χ0n) is 6.18. The van der Waals surface area contributed by atoms with Gasteiger partial charge in [-0.2, -0.15) is 0 Å². The van der Waals surface area contributed by atoms with Gasteiger partial charge in [-0.25, -0.2) is 0 Å². The Morgan fingerprint density at radius 2 is 1.90 bits per heavy atom. The van der Waals surface area contributed by atoms with E-state index in [1.54, 1.807) is 11.8 Å². The Balaban J connectivity index is 3.47. The Kier molecular flexibility index (Phi) is 6.40. The number of rotatable bonds is 6. The highest BCUT2D eigenvalue weighted by Crippen LogP contribution is 2.23. The summed E-state index contributed by atoms with van der Waals surface area (Å²) in [5.74, 6) is 0.954. The first-order valence-corrected chi connectivity index (χ1v) is 4.16. The molecular formula is C9H13S. The molecule has 0 N–H and O–H groups in total. The van der Waals surface area contributed by atoms with Gasteiger partial charge in [0.15, 0.2) is 0 Å². The molecule has 0 heterocycles. The summed E-state index contributed by atoms with van der Waals surface area (Å²) in [5.41, 5.74) is 0. The lowest BCUT2D eigenvalue weighted by molar-refractivity contribution is 1.25. The summed E-state index contributed by atoms with van der Waals surface area (Å²) in [5, 5.41) is 1.26. The first-order chi connectivity index (χ1) is 4.85. The van der Waals surface area contributed by atoms with Crippen LogP contribution in [0.5, 0.6) is 0 Å². The van der Waals surface area contributed by atoms with Crippen molar-refractivity contribution in [3.05, 3.63) is 43.2 Å². The minimum absolute atomic E-state index is 0.919. The predicted octanol–water partition coefficient (Wildman–Crippen LogP) is 3.20. The first kappa shape index (κ1) is 9.57. The number of thioether (sulfide) groups is 1. The fourth-order valence-corrected chi connectivity index (χ4v) is 1.19. The van der Waals surface area contributed by atoms with Gasteiger partial charge in [0.25, 0.3) is 0 Å². The highest BCUT2D eigenvalue weighted by Gasteiger charge is 1.99. The molecule has 0 aliphatic heterocycles. The van der Waals surface area contributed by atoms with Crippen LogP contribution in [-0.2, 0) is 0 Å². The van der Waals surface area contributed by atoms with E-state index in [4.69, 9.17) is 0 Å². The second kappa shape index (κ2) is 6.69. The number of hydrogen-bond acceptors (Lipinski definition) is 1. The molecule has 55 valence electrons. The first-order valence-electron chi connectivity index (χ1n) is 3.18. The molecule has 10 heavy (non-hydrogen) atoms. The molecular weight excluding hydrogens is 140 g/mol. The maximum Gasteiger partial charge on any atom is 0.0558 e. The highest BCUT2D eigenvalue weighted by molar-refractivity contribution is 8.02. The third-order valence-corrected chi connectivity index (χ3v) is 2.07. The Hall–Kier alpha value is -0.430. The molecule has 0 saturated carbocycles. The van der Waals surface area contributed by atoms with Gasteiger partial charge in [-0.1, -0.05) is 18.2 Å². The lowest BCUT2D eigenvalue weighted by atomic mass is 10.3. The van der Waals surface area contributed by atoms with Crippen LogP contribution in [0.25, 0.3) is 0 Å². The molecule has 0 fully saturated rings. The molecule has 0 aliphatic carbocycles. The molecule has 0 atom stereocenters. The molecule has 0 saturated heterocycles. The second-order valence-corrected chi connectivity index (χ2v) is 2.91. The summed E-state index contributed by atoms with van der Waals surface area (Å²) < 4.78 is 0. The van der Waals surface area contributed by atoms with Crippen molar-refractivity contribution in [1.82, 2.24) is 0 Å². The van der Waals surface area contributed by atoms with Crippen LogP contribution in [0.15, 0.2) is 38.0 Å². The summed E-state index contributed by atoms with van der Waals surface area (Å²) in [7, 11) is 0. The van der Waals surface area contributed by atoms with Gasteiger partial charge >= 0.3 is 0 Å². The van der Waals surface area contributed by atoms with Gasteiger partial charge < -0.3 is 0 Å². The molecule has 0 amide bonds. The molecule has 1 radical (unpaired) electrons. The van der Waals surface area contributed by atoms with E-state index < -0.39 is 0 Å². The smallest absolute Gasteiger partial charge is 0.0558 e. The quantitative estimate of drug-likeness (QED) is 0.528. The molecule has 0 aromatic carbocycles. The van der Waals surface area contributed by atoms with Crippen LogP contribution in [0.4, 0.5) is 0 Å². The van der Waals surface area contributed by atoms with Crippen LogP contribution in [-0.4, -0.2) is 5.75 Å². The zero-order valence-corrected chi connectivity index (χ0v) is 6.99. The van der Waals surface area contributed by atoms with Crippen molar-refractivity contribution in [2.45, 2.75) is 6.42 Å². The summed E-state index contributed by atoms with van der Waals surface area (Å²) >= 11 is 1.76. The Bertz CT molecular complexity index is 116. The normalized spacial score (nSPS) is 9.30. The van der Waals surface area contributed by atoms with Gasteiger partial charge in [-0.15, -0.1) is 31.5 Å². The van der Waals surface area contributed by atoms with Crippen molar-refractivity contribution >= 4 is 11.8 Å². The van der Waals surface area contributed by atoms with E-state index >= 15 is 0 Å². The standard InChI is InChI=1S/C9H13S/c1-4-7-9(6-3)10-8-5-2/h4-6H,1-3,7-8H2. The van der Waals surface area contributed by atoms with E-state index in [2.05, 4.69) is 19.7 Å². The van der Waals surface area contributed by atoms with Gasteiger partial charge in [-0.3, -0.25) is 0 Å². The molecule has 0 rings (SSSR count). The van der Waals surface area contributed by atoms with Gasteiger partial charge in [0.1, 0.15) is 0 Å². The maximum absolute atomic E-state index is 3.69. The lowest BCUT2D eigenvalue weighted by Crippen LogP contribution is -1.84. The molecule has 1 heteroatoms. The van der Waals surface area contributed by atoms with E-state index in [1.807, 2.05) is 18.2 Å². The van der Waals surface area contributed by atoms with Crippen LogP contribution in [0.3, 0.4) is 0 Å². The summed E-state index contributed by atoms with van der Waals surface area (Å²) in [6.07, 6.45) is 6.56. The fourth-order valence-electron chi connectivity index (χ4n) is 0.509. The summed E-state index contributed by atoms with van der Waals surface area (Å²) in [6, 6.07) is 0. The van der Waals surface area contributed by atoms with Crippen molar-refractivity contribution in [2.24, 2.45) is 0 Å². The molecule has 0 spiro atoms. The average Bonchev–Trinajstić information content (AvgIpc) is 1.98. The van der Waals surface area contributed by atoms with Crippen molar-refractivity contribution in [3.8, 4) is 0 Å². The monoisotopic (exact) mass is 153 g/mol. The molecule has 0 unspecified atom stereocenters. The Labute approximate surface area is 67.7 Å². The fraction of sp³-hybridized carbons (Fsp3) is 0.222. The van der Waals surface area contributed by atoms with Gasteiger partial charge in [0, 0.05) is 5.75 Å². The van der Waals surface area contributed by atoms with Crippen LogP contribution in [0.1, 0.15) is 6.42 Å². The van der Waals surface area contributed by atoms with Crippen LogP contribution in [0, 0.1) is 5.25 Å². The largest absolute Gasteiger partial charge is 0.145 e. The third-order valence-electron chi connectivity index (χ3n) is 0.960. The topological polar surface area (TPSA) is 0 Å². The number of allylic oxidation sites excluding steroid dienone is 1. The maximum atomic E-state index is 3.69. The van der Waals surface area contributed by atoms with Crippen LogP contribution < -0.4 is 0 Å². The Morgan fingerprint density at radius 3 is 2.30 bits per heavy atom. The molecule has 0 aliphatic rings. The van der Waals surface area contributed by atoms with E-state index in [-0.39, 0.29) is 0 Å². The molecule has 0 aromatic heterocycles. The third kappa shape index (κ3) is 4.45. The molecule has 0 nitrogen and oxygen atoms in total. The summed E-state index contributed by atoms with van der Waals surface area (Å²) in [4.78, 5) is 0. The van der Waals surface area contributed by atoms with Crippen molar-refractivity contribution in [2.75, 3.05) is 5.75 Å². The molecule has 0 bridgehead atoms. The zero-order chi connectivity index (χ0) is 7.82. The van der Waals surface area contributed by atoms with Crippen molar-refractivity contribution in [1.29, 1.82) is 0 Å². The highest BCUT2D eigenvalue weighted by atomic mass is 32.2. The minimum Gasteiger partial charge on any atom is -0.145 e. The predicted molar refractivity (Wildman–Crippen MR) is 50.9 cm³/mol. The second-order valence-electron chi connectivity index (χ2n) is 1.76. The van der Waals surface area contributed by atoms with E-state index in [9.17, 15) is 0 Å². The SMILES string of the molecule is C=CCS[C](C=C)CC=C. The average molecular weight is 153 g/mol. The van der Waals surface area contributed by atoms with Crippen LogP contribution >= 0.6 is 11.8 Å². The molecule has 0 aromatic rings. The Morgan fingerprint density at radius 1 is 1.20 bits per heavy atom. The van der Waals surface area contributed by atoms with E-state index in [0.29, 0.717) is 0 Å². The lowest BCUT2D eigenvalue weighted by Gasteiger charge is -2.04. The van der Waals surface area contributed by atoms with Crippen LogP contribution in [0.2, 0.25) is 0 Å². The van der Waals surface area contributed by atoms with Gasteiger partial charge in [0.05, 0.1) is 5.25 Å². The van der Waals surface area contributed by atoms with Gasteiger partial charge in [-0.05, 0) is 6.42 Å². The number of hydrogen-bond donors (Lipinski definition) is 0. The summed E-state index contributed by atoms with van der Waals surface area (Å²) in [6.45, 7) is 11.0.